The molecule has 0 aliphatic carbocycles. The van der Waals surface area contributed by atoms with Crippen molar-refractivity contribution in [3.8, 4) is 0 Å². The second kappa shape index (κ2) is 4.69. The molecule has 0 aromatic heterocycles. The zero-order valence-electron chi connectivity index (χ0n) is 9.87. The summed E-state index contributed by atoms with van der Waals surface area (Å²) in [6, 6.07) is 9.62. The van der Waals surface area contributed by atoms with Gasteiger partial charge in [0.2, 0.25) is 0 Å². The van der Waals surface area contributed by atoms with Crippen molar-refractivity contribution in [1.82, 2.24) is 0 Å². The molecule has 1 nitrogen and oxygen atoms in total. The van der Waals surface area contributed by atoms with Crippen molar-refractivity contribution in [2.24, 2.45) is 0 Å². The van der Waals surface area contributed by atoms with Crippen LogP contribution >= 0.6 is 0 Å². The Kier molecular flexibility index (Phi) is 3.30. The van der Waals surface area contributed by atoms with Gasteiger partial charge in [-0.05, 0) is 30.9 Å². The van der Waals surface area contributed by atoms with E-state index in [-0.39, 0.29) is 0 Å². The standard InChI is InChI=1S/C14H21N/c1-3-7-13(4-2)15-11-10-12-8-5-6-9-14(12)15/h5-6,8-9,13H,3-4,7,10-11H2,1-2H3. The molecule has 1 unspecified atom stereocenters. The van der Waals surface area contributed by atoms with Crippen LogP contribution in [0.15, 0.2) is 24.3 Å². The molecule has 0 spiro atoms. The lowest BCUT2D eigenvalue weighted by Gasteiger charge is -2.29. The van der Waals surface area contributed by atoms with Gasteiger partial charge in [-0.2, -0.15) is 0 Å². The Balaban J connectivity index is 2.18. The Hall–Kier alpha value is -0.980. The van der Waals surface area contributed by atoms with Crippen LogP contribution in [0.25, 0.3) is 0 Å². The normalized spacial score (nSPS) is 16.5. The third kappa shape index (κ3) is 2.01. The molecule has 1 heteroatoms. The van der Waals surface area contributed by atoms with Crippen LogP contribution in [0.2, 0.25) is 0 Å². The predicted octanol–water partition coefficient (Wildman–Crippen LogP) is 3.63. The highest BCUT2D eigenvalue weighted by molar-refractivity contribution is 5.58. The molecule has 1 aromatic carbocycles. The minimum Gasteiger partial charge on any atom is -0.368 e. The number of rotatable bonds is 4. The van der Waals surface area contributed by atoms with Crippen LogP contribution in [-0.4, -0.2) is 12.6 Å². The minimum absolute atomic E-state index is 0.749. The van der Waals surface area contributed by atoms with Crippen molar-refractivity contribution in [1.29, 1.82) is 0 Å². The van der Waals surface area contributed by atoms with Crippen molar-refractivity contribution < 1.29 is 0 Å². The summed E-state index contributed by atoms with van der Waals surface area (Å²) in [6.45, 7) is 5.81. The fraction of sp³-hybridized carbons (Fsp3) is 0.571. The second-order valence-electron chi connectivity index (χ2n) is 4.42. The Morgan fingerprint density at radius 1 is 1.27 bits per heavy atom. The highest BCUT2D eigenvalue weighted by Gasteiger charge is 2.23. The lowest BCUT2D eigenvalue weighted by atomic mass is 10.1. The smallest absolute Gasteiger partial charge is 0.0402 e. The van der Waals surface area contributed by atoms with E-state index in [0.29, 0.717) is 0 Å². The maximum absolute atomic E-state index is 2.61. The second-order valence-corrected chi connectivity index (χ2v) is 4.42. The molecule has 1 atom stereocenters. The largest absolute Gasteiger partial charge is 0.368 e. The SMILES string of the molecule is CCCC(CC)N1CCc2ccccc21. The molecule has 1 aliphatic heterocycles. The number of hydrogen-bond acceptors (Lipinski definition) is 1. The van der Waals surface area contributed by atoms with E-state index in [0.717, 1.165) is 6.04 Å². The van der Waals surface area contributed by atoms with Gasteiger partial charge in [-0.15, -0.1) is 0 Å². The van der Waals surface area contributed by atoms with Gasteiger partial charge in [-0.3, -0.25) is 0 Å². The minimum atomic E-state index is 0.749. The zero-order valence-corrected chi connectivity index (χ0v) is 9.87. The van der Waals surface area contributed by atoms with Gasteiger partial charge in [-0.1, -0.05) is 38.5 Å². The number of para-hydroxylation sites is 1. The molecule has 1 heterocycles. The van der Waals surface area contributed by atoms with Gasteiger partial charge in [-0.25, -0.2) is 0 Å². The van der Waals surface area contributed by atoms with E-state index in [2.05, 4.69) is 43.0 Å². The molecular weight excluding hydrogens is 182 g/mol. The molecule has 15 heavy (non-hydrogen) atoms. The summed E-state index contributed by atoms with van der Waals surface area (Å²) >= 11 is 0. The van der Waals surface area contributed by atoms with Crippen LogP contribution in [0.3, 0.4) is 0 Å². The number of anilines is 1. The van der Waals surface area contributed by atoms with E-state index in [1.807, 2.05) is 0 Å². The van der Waals surface area contributed by atoms with Crippen LogP contribution in [0.5, 0.6) is 0 Å². The summed E-state index contributed by atoms with van der Waals surface area (Å²) in [7, 11) is 0. The van der Waals surface area contributed by atoms with E-state index >= 15 is 0 Å². The first kappa shape index (κ1) is 10.5. The highest BCUT2D eigenvalue weighted by atomic mass is 15.2. The molecule has 82 valence electrons. The monoisotopic (exact) mass is 203 g/mol. The fourth-order valence-corrected chi connectivity index (χ4v) is 2.66. The van der Waals surface area contributed by atoms with Crippen LogP contribution in [-0.2, 0) is 6.42 Å². The van der Waals surface area contributed by atoms with Crippen molar-refractivity contribution in [2.75, 3.05) is 11.4 Å². The Morgan fingerprint density at radius 3 is 2.80 bits per heavy atom. The summed E-state index contributed by atoms with van der Waals surface area (Å²) in [6.07, 6.45) is 5.11. The zero-order chi connectivity index (χ0) is 10.7. The molecule has 0 fully saturated rings. The van der Waals surface area contributed by atoms with Crippen molar-refractivity contribution >= 4 is 5.69 Å². The Morgan fingerprint density at radius 2 is 2.07 bits per heavy atom. The Bertz CT molecular complexity index is 319. The molecule has 1 aromatic rings. The first-order chi connectivity index (χ1) is 7.36. The van der Waals surface area contributed by atoms with E-state index in [1.54, 1.807) is 0 Å². The molecule has 0 saturated heterocycles. The number of benzene rings is 1. The molecule has 0 N–H and O–H groups in total. The topological polar surface area (TPSA) is 3.24 Å². The number of nitrogens with zero attached hydrogens (tertiary/aromatic N) is 1. The molecule has 0 radical (unpaired) electrons. The fourth-order valence-electron chi connectivity index (χ4n) is 2.66. The molecule has 0 saturated carbocycles. The number of fused-ring (bicyclic) bond motifs is 1. The predicted molar refractivity (Wildman–Crippen MR) is 66.5 cm³/mol. The molecule has 2 rings (SSSR count). The highest BCUT2D eigenvalue weighted by Crippen LogP contribution is 2.31. The van der Waals surface area contributed by atoms with Gasteiger partial charge in [0.05, 0.1) is 0 Å². The number of hydrogen-bond donors (Lipinski definition) is 0. The summed E-state index contributed by atoms with van der Waals surface area (Å²) in [5.41, 5.74) is 3.02. The maximum atomic E-state index is 2.61. The quantitative estimate of drug-likeness (QED) is 0.722. The third-order valence-electron chi connectivity index (χ3n) is 3.46. The van der Waals surface area contributed by atoms with E-state index in [1.165, 1.54) is 43.5 Å². The molecule has 1 aliphatic rings. The first-order valence-electron chi connectivity index (χ1n) is 6.21. The summed E-state index contributed by atoms with van der Waals surface area (Å²) in [4.78, 5) is 2.61. The van der Waals surface area contributed by atoms with Crippen molar-refractivity contribution in [3.05, 3.63) is 29.8 Å². The summed E-state index contributed by atoms with van der Waals surface area (Å²) in [5, 5.41) is 0. The van der Waals surface area contributed by atoms with Crippen molar-refractivity contribution in [3.63, 3.8) is 0 Å². The van der Waals surface area contributed by atoms with Crippen LogP contribution < -0.4 is 4.90 Å². The maximum Gasteiger partial charge on any atom is 0.0402 e. The summed E-state index contributed by atoms with van der Waals surface area (Å²) in [5.74, 6) is 0. The van der Waals surface area contributed by atoms with Crippen LogP contribution in [0.1, 0.15) is 38.7 Å². The van der Waals surface area contributed by atoms with Gasteiger partial charge in [0, 0.05) is 18.3 Å². The van der Waals surface area contributed by atoms with E-state index in [4.69, 9.17) is 0 Å². The van der Waals surface area contributed by atoms with Gasteiger partial charge in [0.25, 0.3) is 0 Å². The first-order valence-corrected chi connectivity index (χ1v) is 6.21. The lowest BCUT2D eigenvalue weighted by Crippen LogP contribution is -2.33. The van der Waals surface area contributed by atoms with Crippen LogP contribution in [0, 0.1) is 0 Å². The van der Waals surface area contributed by atoms with E-state index < -0.39 is 0 Å². The molecule has 0 bridgehead atoms. The lowest BCUT2D eigenvalue weighted by molar-refractivity contribution is 0.540. The van der Waals surface area contributed by atoms with E-state index in [9.17, 15) is 0 Å². The molecular formula is C14H21N. The van der Waals surface area contributed by atoms with Gasteiger partial charge in [0.1, 0.15) is 0 Å². The average molecular weight is 203 g/mol. The Labute approximate surface area is 93.1 Å². The van der Waals surface area contributed by atoms with Gasteiger partial charge < -0.3 is 4.90 Å². The molecule has 0 amide bonds. The summed E-state index contributed by atoms with van der Waals surface area (Å²) < 4.78 is 0. The van der Waals surface area contributed by atoms with Gasteiger partial charge in [0.15, 0.2) is 0 Å². The van der Waals surface area contributed by atoms with Crippen molar-refractivity contribution in [2.45, 2.75) is 45.6 Å². The van der Waals surface area contributed by atoms with Crippen LogP contribution in [0.4, 0.5) is 5.69 Å². The average Bonchev–Trinajstić information content (AvgIpc) is 2.70. The van der Waals surface area contributed by atoms with Gasteiger partial charge >= 0.3 is 0 Å². The third-order valence-corrected chi connectivity index (χ3v) is 3.46.